The third kappa shape index (κ3) is 5.10. The highest BCUT2D eigenvalue weighted by molar-refractivity contribution is 5.71. The minimum Gasteiger partial charge on any atom is -0.305 e. The van der Waals surface area contributed by atoms with Gasteiger partial charge in [0.2, 0.25) is 0 Å². The van der Waals surface area contributed by atoms with Gasteiger partial charge in [-0.2, -0.15) is 0 Å². The van der Waals surface area contributed by atoms with Crippen LogP contribution in [0.15, 0.2) is 6.07 Å². The fourth-order valence-electron chi connectivity index (χ4n) is 4.18. The summed E-state index contributed by atoms with van der Waals surface area (Å²) in [7, 11) is 0. The number of aryl methyl sites for hydroxylation is 1. The Morgan fingerprint density at radius 1 is 1.00 bits per heavy atom. The van der Waals surface area contributed by atoms with Gasteiger partial charge in [0, 0.05) is 17.3 Å². The van der Waals surface area contributed by atoms with Gasteiger partial charge in [0.15, 0.2) is 5.82 Å². The molecule has 0 unspecified atom stereocenters. The predicted octanol–water partition coefficient (Wildman–Crippen LogP) is 4.33. The van der Waals surface area contributed by atoms with Gasteiger partial charge in [-0.3, -0.25) is 0 Å². The minimum atomic E-state index is 0.579. The Morgan fingerprint density at radius 3 is 2.42 bits per heavy atom. The van der Waals surface area contributed by atoms with Gasteiger partial charge in [-0.1, -0.05) is 32.1 Å². The molecule has 1 aliphatic heterocycles. The average molecular weight is 329 g/mol. The predicted molar refractivity (Wildman–Crippen MR) is 99.0 cm³/mol. The molecule has 1 aromatic heterocycles. The van der Waals surface area contributed by atoms with Crippen molar-refractivity contribution in [3.63, 3.8) is 0 Å². The van der Waals surface area contributed by atoms with Crippen molar-refractivity contribution in [2.24, 2.45) is 0 Å². The monoisotopic (exact) mass is 328 g/mol. The van der Waals surface area contributed by atoms with Crippen molar-refractivity contribution in [1.29, 1.82) is 5.41 Å². The molecule has 2 fully saturated rings. The van der Waals surface area contributed by atoms with E-state index >= 15 is 0 Å². The summed E-state index contributed by atoms with van der Waals surface area (Å²) in [5.74, 6) is 1.18. The molecule has 0 aromatic carbocycles. The fourth-order valence-corrected chi connectivity index (χ4v) is 4.18. The van der Waals surface area contributed by atoms with Crippen molar-refractivity contribution in [1.82, 2.24) is 14.9 Å². The van der Waals surface area contributed by atoms with E-state index < -0.39 is 0 Å². The van der Waals surface area contributed by atoms with Crippen LogP contribution < -0.4 is 0 Å². The summed E-state index contributed by atoms with van der Waals surface area (Å²) < 4.78 is 0. The molecular weight excluding hydrogens is 296 g/mol. The molecule has 3 rings (SSSR count). The van der Waals surface area contributed by atoms with Crippen LogP contribution in [0.3, 0.4) is 0 Å². The number of aromatic nitrogens is 2. The van der Waals surface area contributed by atoms with Gasteiger partial charge in [0.05, 0.1) is 6.21 Å². The van der Waals surface area contributed by atoms with Gasteiger partial charge in [-0.05, 0) is 64.2 Å². The Balaban J connectivity index is 1.61. The van der Waals surface area contributed by atoms with E-state index in [2.05, 4.69) is 20.9 Å². The van der Waals surface area contributed by atoms with Crippen LogP contribution in [-0.4, -0.2) is 40.7 Å². The summed E-state index contributed by atoms with van der Waals surface area (Å²) in [6.07, 6.45) is 15.5. The molecule has 0 radical (unpaired) electrons. The lowest BCUT2D eigenvalue weighted by atomic mass is 9.95. The van der Waals surface area contributed by atoms with Gasteiger partial charge in [0.1, 0.15) is 0 Å². The van der Waals surface area contributed by atoms with E-state index in [1.54, 1.807) is 0 Å². The molecule has 0 bridgehead atoms. The lowest BCUT2D eigenvalue weighted by molar-refractivity contribution is 0.226. The molecule has 1 saturated heterocycles. The van der Waals surface area contributed by atoms with Crippen LogP contribution in [0.1, 0.15) is 87.3 Å². The first kappa shape index (κ1) is 17.5. The Bertz CT molecular complexity index is 514. The van der Waals surface area contributed by atoms with Crippen molar-refractivity contribution >= 4 is 6.21 Å². The van der Waals surface area contributed by atoms with Crippen LogP contribution in [0.5, 0.6) is 0 Å². The molecule has 132 valence electrons. The van der Waals surface area contributed by atoms with Crippen LogP contribution in [0.25, 0.3) is 0 Å². The zero-order valence-electron chi connectivity index (χ0n) is 15.0. The highest BCUT2D eigenvalue weighted by atomic mass is 15.1. The van der Waals surface area contributed by atoms with Gasteiger partial charge < -0.3 is 10.3 Å². The van der Waals surface area contributed by atoms with E-state index in [1.807, 2.05) is 0 Å². The zero-order chi connectivity index (χ0) is 16.6. The maximum absolute atomic E-state index is 7.57. The van der Waals surface area contributed by atoms with Crippen LogP contribution in [0, 0.1) is 5.41 Å². The molecule has 1 aliphatic carbocycles. The number of rotatable bonds is 6. The Morgan fingerprint density at radius 2 is 1.71 bits per heavy atom. The molecule has 0 spiro atoms. The molecule has 2 aliphatic rings. The molecule has 2 heterocycles. The molecule has 1 aromatic rings. The van der Waals surface area contributed by atoms with Crippen molar-refractivity contribution in [2.45, 2.75) is 76.5 Å². The smallest absolute Gasteiger partial charge is 0.170 e. The third-order valence-corrected chi connectivity index (χ3v) is 5.57. The van der Waals surface area contributed by atoms with E-state index in [0.717, 1.165) is 12.1 Å². The summed E-state index contributed by atoms with van der Waals surface area (Å²) in [6.45, 7) is 3.72. The number of nitrogens with one attached hydrogen (secondary N) is 1. The Kier molecular flexibility index (Phi) is 6.76. The topological polar surface area (TPSA) is 52.9 Å². The number of hydrogen-bond acceptors (Lipinski definition) is 4. The van der Waals surface area contributed by atoms with Crippen molar-refractivity contribution in [2.75, 3.05) is 19.6 Å². The van der Waals surface area contributed by atoms with E-state index in [1.165, 1.54) is 95.8 Å². The molecule has 1 saturated carbocycles. The lowest BCUT2D eigenvalue weighted by Crippen LogP contribution is -2.30. The SMILES string of the molecule is N=Cc1nc(CCCN2CCCCC2)cc(C2CCCCCC2)n1. The Labute approximate surface area is 146 Å². The van der Waals surface area contributed by atoms with Crippen molar-refractivity contribution in [3.8, 4) is 0 Å². The molecule has 0 atom stereocenters. The highest BCUT2D eigenvalue weighted by Crippen LogP contribution is 2.30. The third-order valence-electron chi connectivity index (χ3n) is 5.57. The molecule has 24 heavy (non-hydrogen) atoms. The molecule has 4 nitrogen and oxygen atoms in total. The van der Waals surface area contributed by atoms with Gasteiger partial charge in [0.25, 0.3) is 0 Å². The van der Waals surface area contributed by atoms with Crippen molar-refractivity contribution in [3.05, 3.63) is 23.3 Å². The zero-order valence-corrected chi connectivity index (χ0v) is 15.0. The lowest BCUT2D eigenvalue weighted by Gasteiger charge is -2.26. The summed E-state index contributed by atoms with van der Waals surface area (Å²) in [5.41, 5.74) is 2.33. The van der Waals surface area contributed by atoms with E-state index in [9.17, 15) is 0 Å². The van der Waals surface area contributed by atoms with Crippen LogP contribution in [0.4, 0.5) is 0 Å². The number of likely N-dealkylation sites (tertiary alicyclic amines) is 1. The first-order valence-corrected chi connectivity index (χ1v) is 9.96. The Hall–Kier alpha value is -1.29. The van der Waals surface area contributed by atoms with Gasteiger partial charge in [-0.25, -0.2) is 9.97 Å². The van der Waals surface area contributed by atoms with Crippen LogP contribution in [-0.2, 0) is 6.42 Å². The van der Waals surface area contributed by atoms with Crippen LogP contribution >= 0.6 is 0 Å². The van der Waals surface area contributed by atoms with Crippen LogP contribution in [0.2, 0.25) is 0 Å². The molecule has 1 N–H and O–H groups in total. The molecular formula is C20H32N4. The number of hydrogen-bond donors (Lipinski definition) is 1. The quantitative estimate of drug-likeness (QED) is 0.624. The first-order chi connectivity index (χ1) is 11.8. The largest absolute Gasteiger partial charge is 0.305 e. The summed E-state index contributed by atoms with van der Waals surface area (Å²) in [5, 5.41) is 7.57. The van der Waals surface area contributed by atoms with Gasteiger partial charge >= 0.3 is 0 Å². The second kappa shape index (κ2) is 9.26. The number of nitrogens with zero attached hydrogens (tertiary/aromatic N) is 3. The van der Waals surface area contributed by atoms with E-state index in [4.69, 9.17) is 5.41 Å². The second-order valence-corrected chi connectivity index (χ2v) is 7.48. The number of piperidine rings is 1. The molecule has 4 heteroatoms. The van der Waals surface area contributed by atoms with E-state index in [0.29, 0.717) is 11.7 Å². The normalized spacial score (nSPS) is 20.7. The minimum absolute atomic E-state index is 0.579. The highest BCUT2D eigenvalue weighted by Gasteiger charge is 2.17. The first-order valence-electron chi connectivity index (χ1n) is 9.96. The second-order valence-electron chi connectivity index (χ2n) is 7.48. The van der Waals surface area contributed by atoms with Crippen molar-refractivity contribution < 1.29 is 0 Å². The average Bonchev–Trinajstić information content (AvgIpc) is 2.92. The fraction of sp³-hybridized carbons (Fsp3) is 0.750. The summed E-state index contributed by atoms with van der Waals surface area (Å²) in [4.78, 5) is 11.8. The molecule has 0 amide bonds. The standard InChI is InChI=1S/C20H32N4/c21-16-20-22-18(11-8-14-24-12-6-3-7-13-24)15-19(23-20)17-9-4-1-2-5-10-17/h15-17,21H,1-14H2. The maximum atomic E-state index is 7.57. The summed E-state index contributed by atoms with van der Waals surface area (Å²) in [6, 6.07) is 2.24. The van der Waals surface area contributed by atoms with E-state index in [-0.39, 0.29) is 0 Å². The summed E-state index contributed by atoms with van der Waals surface area (Å²) >= 11 is 0. The van der Waals surface area contributed by atoms with Gasteiger partial charge in [-0.15, -0.1) is 0 Å². The maximum Gasteiger partial charge on any atom is 0.170 e.